The number of carbonyl (C=O) groups is 1. The summed E-state index contributed by atoms with van der Waals surface area (Å²) in [5.41, 5.74) is 0. The van der Waals surface area contributed by atoms with Gasteiger partial charge < -0.3 is 25.7 Å². The molecule has 1 rings (SSSR count). The Labute approximate surface area is 145 Å². The van der Waals surface area contributed by atoms with E-state index in [-0.39, 0.29) is 12.3 Å². The number of rotatable bonds is 11. The number of hydrogen-bond donors (Lipinski definition) is 5. The van der Waals surface area contributed by atoms with Gasteiger partial charge in [0.05, 0.1) is 12.1 Å². The predicted octanol–water partition coefficient (Wildman–Crippen LogP) is 1.24. The molecule has 0 saturated heterocycles. The highest BCUT2D eigenvalue weighted by Gasteiger charge is 2.42. The van der Waals surface area contributed by atoms with E-state index < -0.39 is 30.5 Å². The van der Waals surface area contributed by atoms with Crippen LogP contribution in [0.1, 0.15) is 77.6 Å². The molecule has 5 atom stereocenters. The normalized spacial score (nSPS) is 30.3. The molecule has 1 fully saturated rings. The van der Waals surface area contributed by atoms with Crippen LogP contribution >= 0.6 is 0 Å². The van der Waals surface area contributed by atoms with Crippen LogP contribution in [0.25, 0.3) is 0 Å². The molecule has 24 heavy (non-hydrogen) atoms. The first-order chi connectivity index (χ1) is 11.5. The molecule has 0 heterocycles. The fourth-order valence-corrected chi connectivity index (χ4v) is 3.23. The first kappa shape index (κ1) is 21.4. The molecule has 0 aromatic rings. The zero-order valence-electron chi connectivity index (χ0n) is 14.9. The number of carbonyl (C=O) groups excluding carboxylic acids is 1. The number of aliphatic hydroxyl groups excluding tert-OH is 4. The van der Waals surface area contributed by atoms with Gasteiger partial charge in [-0.15, -0.1) is 0 Å². The maximum atomic E-state index is 11.9. The third kappa shape index (κ3) is 7.47. The fourth-order valence-electron chi connectivity index (χ4n) is 3.23. The predicted molar refractivity (Wildman–Crippen MR) is 92.4 cm³/mol. The van der Waals surface area contributed by atoms with E-state index in [4.69, 9.17) is 0 Å². The minimum atomic E-state index is -1.44. The molecule has 1 saturated carbocycles. The molecule has 1 aliphatic rings. The molecular weight excluding hydrogens is 310 g/mol. The van der Waals surface area contributed by atoms with E-state index in [1.807, 2.05) is 0 Å². The third-order valence-corrected chi connectivity index (χ3v) is 4.86. The van der Waals surface area contributed by atoms with E-state index in [2.05, 4.69) is 12.2 Å². The second-order valence-electron chi connectivity index (χ2n) is 7.03. The first-order valence-electron chi connectivity index (χ1n) is 9.49. The van der Waals surface area contributed by atoms with E-state index in [0.29, 0.717) is 6.42 Å². The molecule has 0 unspecified atom stereocenters. The van der Waals surface area contributed by atoms with Crippen molar-refractivity contribution < 1.29 is 25.2 Å². The lowest BCUT2D eigenvalue weighted by Gasteiger charge is -2.38. The zero-order chi connectivity index (χ0) is 17.9. The average Bonchev–Trinajstić information content (AvgIpc) is 2.56. The average molecular weight is 345 g/mol. The maximum absolute atomic E-state index is 11.9. The largest absolute Gasteiger partial charge is 0.390 e. The van der Waals surface area contributed by atoms with Gasteiger partial charge in [0.2, 0.25) is 5.91 Å². The van der Waals surface area contributed by atoms with Gasteiger partial charge in [-0.1, -0.05) is 58.3 Å². The molecule has 1 aliphatic carbocycles. The SMILES string of the molecule is CCCCCCCCCCCC(=O)N[C@@H]1C[C@@H](O)[C@H](O)[C@@H](O)[C@H]1O. The Hall–Kier alpha value is -0.690. The zero-order valence-corrected chi connectivity index (χ0v) is 14.9. The van der Waals surface area contributed by atoms with Crippen LogP contribution in [-0.4, -0.2) is 56.8 Å². The molecular formula is C18H35NO5. The third-order valence-electron chi connectivity index (χ3n) is 4.86. The van der Waals surface area contributed by atoms with E-state index >= 15 is 0 Å². The molecule has 0 aliphatic heterocycles. The van der Waals surface area contributed by atoms with Gasteiger partial charge in [0.1, 0.15) is 18.3 Å². The van der Waals surface area contributed by atoms with Crippen LogP contribution in [0.15, 0.2) is 0 Å². The molecule has 0 radical (unpaired) electrons. The summed E-state index contributed by atoms with van der Waals surface area (Å²) < 4.78 is 0. The van der Waals surface area contributed by atoms with Gasteiger partial charge >= 0.3 is 0 Å². The summed E-state index contributed by atoms with van der Waals surface area (Å²) in [6, 6.07) is -0.718. The van der Waals surface area contributed by atoms with Gasteiger partial charge in [0.15, 0.2) is 0 Å². The molecule has 0 aromatic carbocycles. The Morgan fingerprint density at radius 1 is 0.833 bits per heavy atom. The molecule has 0 spiro atoms. The van der Waals surface area contributed by atoms with E-state index in [1.54, 1.807) is 0 Å². The highest BCUT2D eigenvalue weighted by Crippen LogP contribution is 2.21. The smallest absolute Gasteiger partial charge is 0.220 e. The van der Waals surface area contributed by atoms with E-state index in [9.17, 15) is 25.2 Å². The van der Waals surface area contributed by atoms with Crippen molar-refractivity contribution in [3.63, 3.8) is 0 Å². The highest BCUT2D eigenvalue weighted by molar-refractivity contribution is 5.76. The standard InChI is InChI=1S/C18H35NO5/c1-2-3-4-5-6-7-8-9-10-11-15(21)19-13-12-14(20)17(23)18(24)16(13)22/h13-14,16-18,20,22-24H,2-12H2,1H3,(H,19,21)/t13-,14-,16+,17+,18+/m1/s1. The van der Waals surface area contributed by atoms with Crippen LogP contribution in [0.3, 0.4) is 0 Å². The highest BCUT2D eigenvalue weighted by atomic mass is 16.4. The molecule has 1 amide bonds. The number of hydrogen-bond acceptors (Lipinski definition) is 5. The van der Waals surface area contributed by atoms with Crippen LogP contribution in [0.4, 0.5) is 0 Å². The Kier molecular flexibility index (Phi) is 10.5. The van der Waals surface area contributed by atoms with Gasteiger partial charge in [-0.3, -0.25) is 4.79 Å². The quantitative estimate of drug-likeness (QED) is 0.362. The van der Waals surface area contributed by atoms with Gasteiger partial charge in [-0.05, 0) is 12.8 Å². The van der Waals surface area contributed by atoms with Crippen LogP contribution < -0.4 is 5.32 Å². The Bertz CT molecular complexity index is 352. The molecule has 0 bridgehead atoms. The van der Waals surface area contributed by atoms with Crippen molar-refractivity contribution in [2.45, 2.75) is 108 Å². The second kappa shape index (κ2) is 11.8. The van der Waals surface area contributed by atoms with E-state index in [1.165, 1.54) is 38.5 Å². The van der Waals surface area contributed by atoms with Gasteiger partial charge in [0, 0.05) is 6.42 Å². The summed E-state index contributed by atoms with van der Waals surface area (Å²) in [4.78, 5) is 11.9. The first-order valence-corrected chi connectivity index (χ1v) is 9.49. The van der Waals surface area contributed by atoms with Crippen LogP contribution in [0.5, 0.6) is 0 Å². The van der Waals surface area contributed by atoms with Crippen LogP contribution in [0.2, 0.25) is 0 Å². The Balaban J connectivity index is 2.09. The Morgan fingerprint density at radius 2 is 1.38 bits per heavy atom. The van der Waals surface area contributed by atoms with Crippen molar-refractivity contribution in [3.05, 3.63) is 0 Å². The fraction of sp³-hybridized carbons (Fsp3) is 0.944. The number of unbranched alkanes of at least 4 members (excludes halogenated alkanes) is 8. The van der Waals surface area contributed by atoms with Gasteiger partial charge in [0.25, 0.3) is 0 Å². The van der Waals surface area contributed by atoms with Crippen molar-refractivity contribution in [3.8, 4) is 0 Å². The van der Waals surface area contributed by atoms with Gasteiger partial charge in [-0.25, -0.2) is 0 Å². The molecule has 142 valence electrons. The minimum absolute atomic E-state index is 0.0445. The van der Waals surface area contributed by atoms with Crippen molar-refractivity contribution in [1.82, 2.24) is 5.32 Å². The summed E-state index contributed by atoms with van der Waals surface area (Å²) in [6.07, 6.45) is 5.84. The van der Waals surface area contributed by atoms with Gasteiger partial charge in [-0.2, -0.15) is 0 Å². The second-order valence-corrected chi connectivity index (χ2v) is 7.03. The number of aliphatic hydroxyl groups is 4. The summed E-state index contributed by atoms with van der Waals surface area (Å²) in [5, 5.41) is 41.3. The number of amides is 1. The van der Waals surface area contributed by atoms with Crippen molar-refractivity contribution in [2.24, 2.45) is 0 Å². The summed E-state index contributed by atoms with van der Waals surface area (Å²) >= 11 is 0. The lowest BCUT2D eigenvalue weighted by atomic mass is 9.85. The van der Waals surface area contributed by atoms with E-state index in [0.717, 1.165) is 19.3 Å². The van der Waals surface area contributed by atoms with Crippen molar-refractivity contribution >= 4 is 5.91 Å². The van der Waals surface area contributed by atoms with Crippen LogP contribution in [-0.2, 0) is 4.79 Å². The lowest BCUT2D eigenvalue weighted by molar-refractivity contribution is -0.151. The molecule has 6 heteroatoms. The maximum Gasteiger partial charge on any atom is 0.220 e. The monoisotopic (exact) mass is 345 g/mol. The van der Waals surface area contributed by atoms with Crippen LogP contribution in [0, 0.1) is 0 Å². The Morgan fingerprint density at radius 3 is 1.96 bits per heavy atom. The van der Waals surface area contributed by atoms with Crippen molar-refractivity contribution in [2.75, 3.05) is 0 Å². The molecule has 0 aromatic heterocycles. The lowest BCUT2D eigenvalue weighted by Crippen LogP contribution is -2.60. The summed E-state index contributed by atoms with van der Waals surface area (Å²) in [5.74, 6) is -0.183. The minimum Gasteiger partial charge on any atom is -0.390 e. The van der Waals surface area contributed by atoms with Crippen molar-refractivity contribution in [1.29, 1.82) is 0 Å². The topological polar surface area (TPSA) is 110 Å². The number of nitrogens with one attached hydrogen (secondary N) is 1. The summed E-state index contributed by atoms with van der Waals surface area (Å²) in [7, 11) is 0. The molecule has 5 N–H and O–H groups in total. The summed E-state index contributed by atoms with van der Waals surface area (Å²) in [6.45, 7) is 2.21. The molecule has 6 nitrogen and oxygen atoms in total.